The Morgan fingerprint density at radius 1 is 1.53 bits per heavy atom. The normalized spacial score (nSPS) is 28.2. The fraction of sp³-hybridized carbons (Fsp3) is 0.800. The Labute approximate surface area is 90.3 Å². The minimum absolute atomic E-state index is 0.307. The van der Waals surface area contributed by atoms with Crippen molar-refractivity contribution in [2.75, 3.05) is 13.1 Å². The fourth-order valence-corrected chi connectivity index (χ4v) is 2.29. The Kier molecular flexibility index (Phi) is 3.02. The molecule has 0 amide bonds. The quantitative estimate of drug-likeness (QED) is 0.744. The number of rotatable bonds is 2. The monoisotopic (exact) mass is 209 g/mol. The number of nitrogens with two attached hydrogens (primary N) is 1. The number of piperidine rings is 1. The Hall–Kier alpha value is -0.940. The number of hydrogen-bond acceptors (Lipinski definition) is 4. The van der Waals surface area contributed by atoms with Crippen molar-refractivity contribution in [3.8, 4) is 0 Å². The van der Waals surface area contributed by atoms with Crippen LogP contribution in [0.3, 0.4) is 0 Å². The molecule has 0 aromatic carbocycles. The summed E-state index contributed by atoms with van der Waals surface area (Å²) in [5, 5.41) is 7.97. The molecule has 0 aliphatic carbocycles. The van der Waals surface area contributed by atoms with Crippen LogP contribution < -0.4 is 5.73 Å². The van der Waals surface area contributed by atoms with Gasteiger partial charge in [0.1, 0.15) is 12.2 Å². The molecule has 0 saturated carbocycles. The molecule has 5 nitrogen and oxygen atoms in total. The van der Waals surface area contributed by atoms with Crippen molar-refractivity contribution in [1.29, 1.82) is 0 Å². The second kappa shape index (κ2) is 4.28. The Morgan fingerprint density at radius 3 is 2.93 bits per heavy atom. The first-order valence-corrected chi connectivity index (χ1v) is 5.46. The molecule has 2 heterocycles. The van der Waals surface area contributed by atoms with Crippen molar-refractivity contribution in [2.45, 2.75) is 25.9 Å². The molecular weight excluding hydrogens is 190 g/mol. The summed E-state index contributed by atoms with van der Waals surface area (Å²) in [4.78, 5) is 2.36. The van der Waals surface area contributed by atoms with Crippen LogP contribution in [-0.2, 0) is 13.6 Å². The van der Waals surface area contributed by atoms with E-state index in [0.29, 0.717) is 12.0 Å². The van der Waals surface area contributed by atoms with Gasteiger partial charge in [0.05, 0.1) is 6.54 Å². The molecule has 2 rings (SSSR count). The maximum absolute atomic E-state index is 6.00. The predicted molar refractivity (Wildman–Crippen MR) is 58.0 cm³/mol. The van der Waals surface area contributed by atoms with Gasteiger partial charge in [0.25, 0.3) is 0 Å². The largest absolute Gasteiger partial charge is 0.327 e. The summed E-state index contributed by atoms with van der Waals surface area (Å²) in [6.45, 7) is 5.19. The molecule has 0 radical (unpaired) electrons. The van der Waals surface area contributed by atoms with Crippen LogP contribution in [0, 0.1) is 5.92 Å². The zero-order valence-electron chi connectivity index (χ0n) is 9.43. The third-order valence-corrected chi connectivity index (χ3v) is 2.94. The molecule has 0 spiro atoms. The highest BCUT2D eigenvalue weighted by atomic mass is 15.3. The molecule has 1 aromatic rings. The van der Waals surface area contributed by atoms with E-state index in [1.165, 1.54) is 0 Å². The smallest absolute Gasteiger partial charge is 0.146 e. The zero-order chi connectivity index (χ0) is 10.8. The molecular formula is C10H19N5. The Bertz CT molecular complexity index is 311. The molecule has 2 N–H and O–H groups in total. The average Bonchev–Trinajstić information content (AvgIpc) is 2.50. The average molecular weight is 209 g/mol. The van der Waals surface area contributed by atoms with Crippen LogP contribution in [0.1, 0.15) is 19.2 Å². The first kappa shape index (κ1) is 10.6. The van der Waals surface area contributed by atoms with E-state index in [-0.39, 0.29) is 0 Å². The van der Waals surface area contributed by atoms with Crippen molar-refractivity contribution in [2.24, 2.45) is 18.7 Å². The predicted octanol–water partition coefficient (Wildman–Crippen LogP) is -0.0158. The third kappa shape index (κ3) is 2.54. The van der Waals surface area contributed by atoms with Gasteiger partial charge in [-0.2, -0.15) is 0 Å². The Morgan fingerprint density at radius 2 is 2.33 bits per heavy atom. The van der Waals surface area contributed by atoms with Crippen molar-refractivity contribution >= 4 is 0 Å². The van der Waals surface area contributed by atoms with Crippen LogP contribution >= 0.6 is 0 Å². The van der Waals surface area contributed by atoms with Crippen LogP contribution in [0.15, 0.2) is 6.33 Å². The molecule has 84 valence electrons. The number of aryl methyl sites for hydroxylation is 1. The van der Waals surface area contributed by atoms with Crippen molar-refractivity contribution in [3.63, 3.8) is 0 Å². The third-order valence-electron chi connectivity index (χ3n) is 2.94. The molecule has 1 aliphatic heterocycles. The van der Waals surface area contributed by atoms with Gasteiger partial charge in [-0.25, -0.2) is 0 Å². The van der Waals surface area contributed by atoms with Gasteiger partial charge in [-0.3, -0.25) is 4.90 Å². The van der Waals surface area contributed by atoms with Gasteiger partial charge in [-0.1, -0.05) is 6.92 Å². The van der Waals surface area contributed by atoms with Crippen molar-refractivity contribution in [3.05, 3.63) is 12.2 Å². The lowest BCUT2D eigenvalue weighted by Gasteiger charge is -2.34. The van der Waals surface area contributed by atoms with Gasteiger partial charge in [-0.15, -0.1) is 10.2 Å². The topological polar surface area (TPSA) is 60.0 Å². The van der Waals surface area contributed by atoms with Crippen LogP contribution in [0.4, 0.5) is 0 Å². The molecule has 1 aliphatic rings. The second-order valence-corrected chi connectivity index (χ2v) is 4.65. The maximum atomic E-state index is 6.00. The van der Waals surface area contributed by atoms with E-state index >= 15 is 0 Å². The number of hydrogen-bond donors (Lipinski definition) is 1. The molecule has 1 fully saturated rings. The standard InChI is InChI=1S/C10H19N5/c1-8-3-9(11)5-15(4-8)6-10-13-12-7-14(10)2/h7-9H,3-6,11H2,1-2H3. The minimum atomic E-state index is 0.307. The van der Waals surface area contributed by atoms with Crippen molar-refractivity contribution < 1.29 is 0 Å². The summed E-state index contributed by atoms with van der Waals surface area (Å²) in [7, 11) is 1.97. The van der Waals surface area contributed by atoms with Gasteiger partial charge in [0, 0.05) is 26.2 Å². The van der Waals surface area contributed by atoms with Gasteiger partial charge in [-0.05, 0) is 12.3 Å². The summed E-state index contributed by atoms with van der Waals surface area (Å²) in [6.07, 6.45) is 2.87. The van der Waals surface area contributed by atoms with Gasteiger partial charge < -0.3 is 10.3 Å². The van der Waals surface area contributed by atoms with E-state index in [1.54, 1.807) is 6.33 Å². The molecule has 2 unspecified atom stereocenters. The Balaban J connectivity index is 1.97. The summed E-state index contributed by atoms with van der Waals surface area (Å²) in [6, 6.07) is 0.307. The van der Waals surface area contributed by atoms with Gasteiger partial charge in [0.15, 0.2) is 0 Å². The first-order valence-electron chi connectivity index (χ1n) is 5.46. The van der Waals surface area contributed by atoms with E-state index in [1.807, 2.05) is 11.6 Å². The summed E-state index contributed by atoms with van der Waals surface area (Å²) >= 11 is 0. The lowest BCUT2D eigenvalue weighted by atomic mass is 9.97. The highest BCUT2D eigenvalue weighted by Gasteiger charge is 2.22. The highest BCUT2D eigenvalue weighted by molar-refractivity contribution is 4.87. The van der Waals surface area contributed by atoms with E-state index in [2.05, 4.69) is 22.0 Å². The van der Waals surface area contributed by atoms with Crippen molar-refractivity contribution in [1.82, 2.24) is 19.7 Å². The van der Waals surface area contributed by atoms with Gasteiger partial charge >= 0.3 is 0 Å². The minimum Gasteiger partial charge on any atom is -0.327 e. The lowest BCUT2D eigenvalue weighted by Crippen LogP contribution is -2.46. The van der Waals surface area contributed by atoms with Crippen LogP contribution in [0.25, 0.3) is 0 Å². The summed E-state index contributed by atoms with van der Waals surface area (Å²) in [5.41, 5.74) is 6.00. The molecule has 2 atom stereocenters. The number of likely N-dealkylation sites (tertiary alicyclic amines) is 1. The molecule has 0 bridgehead atoms. The molecule has 5 heteroatoms. The SMILES string of the molecule is CC1CC(N)CN(Cc2nncn2C)C1. The maximum Gasteiger partial charge on any atom is 0.146 e. The molecule has 1 aromatic heterocycles. The van der Waals surface area contributed by atoms with Crippen LogP contribution in [-0.4, -0.2) is 38.8 Å². The van der Waals surface area contributed by atoms with E-state index < -0.39 is 0 Å². The molecule has 15 heavy (non-hydrogen) atoms. The molecule has 1 saturated heterocycles. The van der Waals surface area contributed by atoms with E-state index in [0.717, 1.165) is 31.9 Å². The summed E-state index contributed by atoms with van der Waals surface area (Å²) in [5.74, 6) is 1.69. The first-order chi connectivity index (χ1) is 7.15. The van der Waals surface area contributed by atoms with Gasteiger partial charge in [0.2, 0.25) is 0 Å². The lowest BCUT2D eigenvalue weighted by molar-refractivity contribution is 0.154. The second-order valence-electron chi connectivity index (χ2n) is 4.65. The van der Waals surface area contributed by atoms with Crippen LogP contribution in [0.2, 0.25) is 0 Å². The number of nitrogens with zero attached hydrogens (tertiary/aromatic N) is 4. The summed E-state index contributed by atoms with van der Waals surface area (Å²) < 4.78 is 1.96. The highest BCUT2D eigenvalue weighted by Crippen LogP contribution is 2.16. The van der Waals surface area contributed by atoms with E-state index in [9.17, 15) is 0 Å². The van der Waals surface area contributed by atoms with Crippen LogP contribution in [0.5, 0.6) is 0 Å². The van der Waals surface area contributed by atoms with E-state index in [4.69, 9.17) is 5.73 Å². The fourth-order valence-electron chi connectivity index (χ4n) is 2.29. The zero-order valence-corrected chi connectivity index (χ0v) is 9.43. The number of aromatic nitrogens is 3.